The van der Waals surface area contributed by atoms with Crippen LogP contribution in [0, 0.1) is 6.92 Å². The van der Waals surface area contributed by atoms with E-state index in [0.29, 0.717) is 12.1 Å². The minimum Gasteiger partial charge on any atom is -0.381 e. The van der Waals surface area contributed by atoms with Gasteiger partial charge in [-0.1, -0.05) is 0 Å². The maximum Gasteiger partial charge on any atom is 0.0897 e. The summed E-state index contributed by atoms with van der Waals surface area (Å²) in [5.41, 5.74) is 0. The molecule has 1 saturated heterocycles. The number of aryl methyl sites for hydroxylation is 1. The van der Waals surface area contributed by atoms with E-state index in [4.69, 9.17) is 4.74 Å². The zero-order valence-electron chi connectivity index (χ0n) is 9.32. The molecular weight excluding hydrogens is 208 g/mol. The largest absolute Gasteiger partial charge is 0.381 e. The van der Waals surface area contributed by atoms with Crippen molar-refractivity contribution >= 4 is 11.3 Å². The molecule has 2 heterocycles. The SMILES string of the molecule is Cc1ncc(C(C)NC2CCOCC2)s1. The second-order valence-electron chi connectivity index (χ2n) is 4.06. The van der Waals surface area contributed by atoms with Crippen molar-refractivity contribution in [3.63, 3.8) is 0 Å². The van der Waals surface area contributed by atoms with Crippen LogP contribution in [-0.2, 0) is 4.74 Å². The van der Waals surface area contributed by atoms with Crippen molar-refractivity contribution in [2.45, 2.75) is 38.8 Å². The van der Waals surface area contributed by atoms with Gasteiger partial charge in [0.25, 0.3) is 0 Å². The molecule has 0 radical (unpaired) electrons. The summed E-state index contributed by atoms with van der Waals surface area (Å²) in [5.74, 6) is 0. The van der Waals surface area contributed by atoms with Gasteiger partial charge in [0, 0.05) is 36.4 Å². The highest BCUT2D eigenvalue weighted by Crippen LogP contribution is 2.21. The molecule has 1 aliphatic heterocycles. The maximum absolute atomic E-state index is 5.34. The number of hydrogen-bond donors (Lipinski definition) is 1. The van der Waals surface area contributed by atoms with Gasteiger partial charge in [-0.15, -0.1) is 11.3 Å². The fourth-order valence-electron chi connectivity index (χ4n) is 1.88. The average Bonchev–Trinajstić information content (AvgIpc) is 2.66. The van der Waals surface area contributed by atoms with E-state index in [-0.39, 0.29) is 0 Å². The summed E-state index contributed by atoms with van der Waals surface area (Å²) < 4.78 is 5.34. The molecule has 1 unspecified atom stereocenters. The number of rotatable bonds is 3. The van der Waals surface area contributed by atoms with Gasteiger partial charge in [0.2, 0.25) is 0 Å². The summed E-state index contributed by atoms with van der Waals surface area (Å²) in [6, 6.07) is 1.02. The molecular formula is C11H18N2OS. The minimum atomic E-state index is 0.416. The van der Waals surface area contributed by atoms with Crippen molar-refractivity contribution in [2.75, 3.05) is 13.2 Å². The lowest BCUT2D eigenvalue weighted by Crippen LogP contribution is -2.36. The van der Waals surface area contributed by atoms with Gasteiger partial charge in [-0.25, -0.2) is 4.98 Å². The smallest absolute Gasteiger partial charge is 0.0897 e. The molecule has 0 saturated carbocycles. The van der Waals surface area contributed by atoms with E-state index in [0.717, 1.165) is 31.1 Å². The van der Waals surface area contributed by atoms with Gasteiger partial charge in [0.1, 0.15) is 0 Å². The molecule has 1 fully saturated rings. The first-order valence-electron chi connectivity index (χ1n) is 5.52. The Kier molecular flexibility index (Phi) is 3.72. The van der Waals surface area contributed by atoms with Crippen LogP contribution < -0.4 is 5.32 Å². The summed E-state index contributed by atoms with van der Waals surface area (Å²) in [6.45, 7) is 6.05. The van der Waals surface area contributed by atoms with Crippen molar-refractivity contribution in [1.82, 2.24) is 10.3 Å². The first-order valence-corrected chi connectivity index (χ1v) is 6.33. The first-order chi connectivity index (χ1) is 7.25. The van der Waals surface area contributed by atoms with Gasteiger partial charge in [0.05, 0.1) is 5.01 Å². The zero-order chi connectivity index (χ0) is 10.7. The van der Waals surface area contributed by atoms with Crippen LogP contribution in [0.2, 0.25) is 0 Å². The van der Waals surface area contributed by atoms with E-state index in [1.54, 1.807) is 11.3 Å². The van der Waals surface area contributed by atoms with Gasteiger partial charge in [-0.2, -0.15) is 0 Å². The number of nitrogens with zero attached hydrogens (tertiary/aromatic N) is 1. The van der Waals surface area contributed by atoms with Crippen LogP contribution in [0.5, 0.6) is 0 Å². The van der Waals surface area contributed by atoms with E-state index in [1.807, 2.05) is 6.20 Å². The molecule has 2 rings (SSSR count). The molecule has 0 bridgehead atoms. The lowest BCUT2D eigenvalue weighted by molar-refractivity contribution is 0.0755. The molecule has 1 N–H and O–H groups in total. The molecule has 1 atom stereocenters. The van der Waals surface area contributed by atoms with Crippen LogP contribution in [0.4, 0.5) is 0 Å². The lowest BCUT2D eigenvalue weighted by atomic mass is 10.1. The van der Waals surface area contributed by atoms with Gasteiger partial charge in [0.15, 0.2) is 0 Å². The van der Waals surface area contributed by atoms with Crippen LogP contribution in [0.3, 0.4) is 0 Å². The number of hydrogen-bond acceptors (Lipinski definition) is 4. The molecule has 84 valence electrons. The minimum absolute atomic E-state index is 0.416. The fourth-order valence-corrected chi connectivity index (χ4v) is 2.67. The summed E-state index contributed by atoms with van der Waals surface area (Å²) in [4.78, 5) is 5.62. The number of ether oxygens (including phenoxy) is 1. The van der Waals surface area contributed by atoms with Crippen molar-refractivity contribution < 1.29 is 4.74 Å². The predicted octanol–water partition coefficient (Wildman–Crippen LogP) is 2.28. The summed E-state index contributed by atoms with van der Waals surface area (Å²) >= 11 is 1.78. The molecule has 0 amide bonds. The Labute approximate surface area is 94.9 Å². The second kappa shape index (κ2) is 5.05. The summed E-state index contributed by atoms with van der Waals surface area (Å²) in [5, 5.41) is 4.78. The molecule has 15 heavy (non-hydrogen) atoms. The highest BCUT2D eigenvalue weighted by Gasteiger charge is 2.17. The van der Waals surface area contributed by atoms with Crippen LogP contribution in [0.15, 0.2) is 6.20 Å². The normalized spacial score (nSPS) is 20.4. The highest BCUT2D eigenvalue weighted by molar-refractivity contribution is 7.11. The van der Waals surface area contributed by atoms with Gasteiger partial charge < -0.3 is 10.1 Å². The Bertz CT molecular complexity index is 307. The average molecular weight is 226 g/mol. The zero-order valence-corrected chi connectivity index (χ0v) is 10.1. The van der Waals surface area contributed by atoms with E-state index in [1.165, 1.54) is 4.88 Å². The molecule has 1 aromatic rings. The van der Waals surface area contributed by atoms with Crippen molar-refractivity contribution in [2.24, 2.45) is 0 Å². The molecule has 4 heteroatoms. The third-order valence-corrected chi connectivity index (χ3v) is 3.87. The number of thiazole rings is 1. The van der Waals surface area contributed by atoms with Crippen LogP contribution in [-0.4, -0.2) is 24.2 Å². The molecule has 1 aromatic heterocycles. The van der Waals surface area contributed by atoms with E-state index in [9.17, 15) is 0 Å². The third-order valence-electron chi connectivity index (χ3n) is 2.77. The standard InChI is InChI=1S/C11H18N2OS/c1-8(11-7-12-9(2)15-11)13-10-3-5-14-6-4-10/h7-8,10,13H,3-6H2,1-2H3. The fraction of sp³-hybridized carbons (Fsp3) is 0.727. The van der Waals surface area contributed by atoms with Gasteiger partial charge in [-0.05, 0) is 26.7 Å². The predicted molar refractivity (Wildman–Crippen MR) is 62.2 cm³/mol. The topological polar surface area (TPSA) is 34.2 Å². The van der Waals surface area contributed by atoms with Crippen molar-refractivity contribution in [3.8, 4) is 0 Å². The summed E-state index contributed by atoms with van der Waals surface area (Å²) in [7, 11) is 0. The highest BCUT2D eigenvalue weighted by atomic mass is 32.1. The molecule has 0 spiro atoms. The Morgan fingerprint density at radius 2 is 2.27 bits per heavy atom. The lowest BCUT2D eigenvalue weighted by Gasteiger charge is -2.26. The summed E-state index contributed by atoms with van der Waals surface area (Å²) in [6.07, 6.45) is 4.24. The van der Waals surface area contributed by atoms with Crippen LogP contribution in [0.1, 0.15) is 35.7 Å². The molecule has 0 aliphatic carbocycles. The first kappa shape index (κ1) is 11.0. The van der Waals surface area contributed by atoms with Gasteiger partial charge in [-0.3, -0.25) is 0 Å². The maximum atomic E-state index is 5.34. The third kappa shape index (κ3) is 3.00. The number of nitrogens with one attached hydrogen (secondary N) is 1. The second-order valence-corrected chi connectivity index (χ2v) is 5.32. The van der Waals surface area contributed by atoms with E-state index < -0.39 is 0 Å². The van der Waals surface area contributed by atoms with E-state index >= 15 is 0 Å². The van der Waals surface area contributed by atoms with Crippen molar-refractivity contribution in [1.29, 1.82) is 0 Å². The van der Waals surface area contributed by atoms with Crippen LogP contribution >= 0.6 is 11.3 Å². The van der Waals surface area contributed by atoms with Crippen molar-refractivity contribution in [3.05, 3.63) is 16.1 Å². The molecule has 0 aromatic carbocycles. The number of aromatic nitrogens is 1. The Hall–Kier alpha value is -0.450. The molecule has 3 nitrogen and oxygen atoms in total. The van der Waals surface area contributed by atoms with Crippen LogP contribution in [0.25, 0.3) is 0 Å². The Balaban J connectivity index is 1.88. The van der Waals surface area contributed by atoms with Gasteiger partial charge >= 0.3 is 0 Å². The Morgan fingerprint density at radius 3 is 2.87 bits per heavy atom. The Morgan fingerprint density at radius 1 is 1.53 bits per heavy atom. The quantitative estimate of drug-likeness (QED) is 0.858. The molecule has 1 aliphatic rings. The monoisotopic (exact) mass is 226 g/mol. The van der Waals surface area contributed by atoms with E-state index in [2.05, 4.69) is 24.1 Å².